The van der Waals surface area contributed by atoms with E-state index < -0.39 is 0 Å². The topological polar surface area (TPSA) is 46.6 Å². The quantitative estimate of drug-likeness (QED) is 0.693. The summed E-state index contributed by atoms with van der Waals surface area (Å²) in [5.41, 5.74) is 0. The molecular weight excluding hydrogens is 242 g/mol. The van der Waals surface area contributed by atoms with E-state index in [-0.39, 0.29) is 17.9 Å². The minimum absolute atomic E-state index is 0.114. The SMILES string of the molecule is CCCOCCC(=O)N1CCCC1C1CCCC1=O. The van der Waals surface area contributed by atoms with Crippen LogP contribution in [0.4, 0.5) is 0 Å². The van der Waals surface area contributed by atoms with Crippen molar-refractivity contribution < 1.29 is 14.3 Å². The fourth-order valence-corrected chi connectivity index (χ4v) is 3.32. The number of ketones is 1. The molecule has 2 rings (SSSR count). The maximum absolute atomic E-state index is 12.2. The number of rotatable bonds is 6. The summed E-state index contributed by atoms with van der Waals surface area (Å²) < 4.78 is 5.38. The number of carbonyl (C=O) groups is 2. The van der Waals surface area contributed by atoms with Crippen LogP contribution in [0.15, 0.2) is 0 Å². The zero-order chi connectivity index (χ0) is 13.7. The maximum atomic E-state index is 12.2. The van der Waals surface area contributed by atoms with Crippen molar-refractivity contribution in [3.8, 4) is 0 Å². The van der Waals surface area contributed by atoms with Gasteiger partial charge in [-0.1, -0.05) is 6.92 Å². The van der Waals surface area contributed by atoms with Crippen molar-refractivity contribution >= 4 is 11.7 Å². The number of nitrogens with zero attached hydrogens (tertiary/aromatic N) is 1. The summed E-state index contributed by atoms with van der Waals surface area (Å²) in [7, 11) is 0. The van der Waals surface area contributed by atoms with Crippen LogP contribution in [-0.4, -0.2) is 42.4 Å². The van der Waals surface area contributed by atoms with E-state index in [1.165, 1.54) is 0 Å². The summed E-state index contributed by atoms with van der Waals surface area (Å²) in [6, 6.07) is 0.175. The van der Waals surface area contributed by atoms with E-state index >= 15 is 0 Å². The minimum Gasteiger partial charge on any atom is -0.381 e. The number of amides is 1. The molecule has 0 bridgehead atoms. The van der Waals surface area contributed by atoms with Crippen molar-refractivity contribution in [1.82, 2.24) is 4.90 Å². The predicted octanol–water partition coefficient (Wildman–Crippen LogP) is 2.16. The summed E-state index contributed by atoms with van der Waals surface area (Å²) in [5.74, 6) is 0.647. The van der Waals surface area contributed by atoms with Crippen molar-refractivity contribution in [1.29, 1.82) is 0 Å². The molecule has 0 N–H and O–H groups in total. The van der Waals surface area contributed by atoms with Crippen LogP contribution in [0.25, 0.3) is 0 Å². The highest BCUT2D eigenvalue weighted by molar-refractivity contribution is 5.85. The smallest absolute Gasteiger partial charge is 0.225 e. The summed E-state index contributed by atoms with van der Waals surface area (Å²) in [6.45, 7) is 4.11. The second kappa shape index (κ2) is 7.04. The van der Waals surface area contributed by atoms with Crippen LogP contribution in [0.5, 0.6) is 0 Å². The lowest BCUT2D eigenvalue weighted by Gasteiger charge is -2.28. The van der Waals surface area contributed by atoms with Crippen LogP contribution in [0.3, 0.4) is 0 Å². The normalized spacial score (nSPS) is 27.2. The van der Waals surface area contributed by atoms with Gasteiger partial charge in [0.2, 0.25) is 5.91 Å². The second-order valence-electron chi connectivity index (χ2n) is 5.62. The average molecular weight is 267 g/mol. The number of likely N-dealkylation sites (tertiary alicyclic amines) is 1. The summed E-state index contributed by atoms with van der Waals surface area (Å²) >= 11 is 0. The zero-order valence-electron chi connectivity index (χ0n) is 11.9. The van der Waals surface area contributed by atoms with Gasteiger partial charge in [-0.25, -0.2) is 0 Å². The number of carbonyl (C=O) groups excluding carboxylic acids is 2. The molecule has 2 aliphatic rings. The van der Waals surface area contributed by atoms with E-state index in [1.54, 1.807) is 0 Å². The van der Waals surface area contributed by atoms with Crippen LogP contribution in [-0.2, 0) is 14.3 Å². The third-order valence-electron chi connectivity index (χ3n) is 4.24. The molecule has 1 heterocycles. The molecule has 1 amide bonds. The van der Waals surface area contributed by atoms with Crippen molar-refractivity contribution in [2.24, 2.45) is 5.92 Å². The molecule has 1 saturated carbocycles. The molecule has 0 aromatic rings. The third-order valence-corrected chi connectivity index (χ3v) is 4.24. The molecule has 4 heteroatoms. The Hall–Kier alpha value is -0.900. The first-order valence-corrected chi connectivity index (χ1v) is 7.64. The van der Waals surface area contributed by atoms with Crippen molar-refractivity contribution in [2.75, 3.05) is 19.8 Å². The molecule has 1 saturated heterocycles. The summed E-state index contributed by atoms with van der Waals surface area (Å²) in [4.78, 5) is 26.0. The van der Waals surface area contributed by atoms with Gasteiger partial charge >= 0.3 is 0 Å². The maximum Gasteiger partial charge on any atom is 0.225 e. The highest BCUT2D eigenvalue weighted by Gasteiger charge is 2.39. The van der Waals surface area contributed by atoms with E-state index in [2.05, 4.69) is 6.92 Å². The second-order valence-corrected chi connectivity index (χ2v) is 5.62. The Labute approximate surface area is 115 Å². The highest BCUT2D eigenvalue weighted by Crippen LogP contribution is 2.33. The van der Waals surface area contributed by atoms with Crippen molar-refractivity contribution in [3.05, 3.63) is 0 Å². The molecule has 19 heavy (non-hydrogen) atoms. The number of ether oxygens (including phenoxy) is 1. The Bertz CT molecular complexity index is 329. The van der Waals surface area contributed by atoms with Gasteiger partial charge in [-0.15, -0.1) is 0 Å². The first-order valence-electron chi connectivity index (χ1n) is 7.64. The number of hydrogen-bond donors (Lipinski definition) is 0. The van der Waals surface area contributed by atoms with Gasteiger partial charge in [0.15, 0.2) is 0 Å². The minimum atomic E-state index is 0.114. The van der Waals surface area contributed by atoms with Crippen molar-refractivity contribution in [2.45, 2.75) is 57.9 Å². The molecule has 1 aliphatic heterocycles. The Morgan fingerprint density at radius 1 is 1.32 bits per heavy atom. The van der Waals surface area contributed by atoms with Crippen LogP contribution >= 0.6 is 0 Å². The first-order chi connectivity index (χ1) is 9.24. The fourth-order valence-electron chi connectivity index (χ4n) is 3.32. The molecule has 2 fully saturated rings. The molecule has 0 aromatic carbocycles. The van der Waals surface area contributed by atoms with Crippen LogP contribution in [0, 0.1) is 5.92 Å². The third kappa shape index (κ3) is 3.56. The predicted molar refractivity (Wildman–Crippen MR) is 72.8 cm³/mol. The van der Waals surface area contributed by atoms with Gasteiger partial charge in [-0.2, -0.15) is 0 Å². The highest BCUT2D eigenvalue weighted by atomic mass is 16.5. The molecule has 2 unspecified atom stereocenters. The van der Waals surface area contributed by atoms with E-state index in [0.29, 0.717) is 25.2 Å². The Kier molecular flexibility index (Phi) is 5.37. The number of Topliss-reactive ketones (excluding diaryl/α,β-unsaturated/α-hetero) is 1. The molecular formula is C15H25NO3. The lowest BCUT2D eigenvalue weighted by atomic mass is 9.95. The fraction of sp³-hybridized carbons (Fsp3) is 0.867. The van der Waals surface area contributed by atoms with Crippen LogP contribution in [0.2, 0.25) is 0 Å². The number of hydrogen-bond acceptors (Lipinski definition) is 3. The van der Waals surface area contributed by atoms with Crippen LogP contribution in [0.1, 0.15) is 51.9 Å². The Balaban J connectivity index is 1.84. The monoisotopic (exact) mass is 267 g/mol. The van der Waals surface area contributed by atoms with E-state index in [0.717, 1.165) is 45.3 Å². The van der Waals surface area contributed by atoms with Gasteiger partial charge in [0.25, 0.3) is 0 Å². The van der Waals surface area contributed by atoms with E-state index in [9.17, 15) is 9.59 Å². The van der Waals surface area contributed by atoms with Crippen LogP contribution < -0.4 is 0 Å². The molecule has 108 valence electrons. The average Bonchev–Trinajstić information content (AvgIpc) is 3.02. The summed E-state index contributed by atoms with van der Waals surface area (Å²) in [5, 5.41) is 0. The largest absolute Gasteiger partial charge is 0.381 e. The lowest BCUT2D eigenvalue weighted by molar-refractivity contribution is -0.135. The van der Waals surface area contributed by atoms with E-state index in [4.69, 9.17) is 4.74 Å². The van der Waals surface area contributed by atoms with Gasteiger partial charge in [-0.3, -0.25) is 9.59 Å². The standard InChI is InChI=1S/C15H25NO3/c1-2-10-19-11-8-15(18)16-9-4-6-13(16)12-5-3-7-14(12)17/h12-13H,2-11H2,1H3. The molecule has 1 aliphatic carbocycles. The Morgan fingerprint density at radius 2 is 2.16 bits per heavy atom. The first kappa shape index (κ1) is 14.5. The molecule has 0 spiro atoms. The zero-order valence-corrected chi connectivity index (χ0v) is 11.9. The molecule has 4 nitrogen and oxygen atoms in total. The summed E-state index contributed by atoms with van der Waals surface area (Å²) in [6.07, 6.45) is 6.16. The van der Waals surface area contributed by atoms with Gasteiger partial charge in [0.1, 0.15) is 5.78 Å². The van der Waals surface area contributed by atoms with Gasteiger partial charge in [-0.05, 0) is 32.1 Å². The molecule has 0 aromatic heterocycles. The lowest BCUT2D eigenvalue weighted by Crippen LogP contribution is -2.41. The molecule has 2 atom stereocenters. The molecule has 0 radical (unpaired) electrons. The Morgan fingerprint density at radius 3 is 2.84 bits per heavy atom. The van der Waals surface area contributed by atoms with Crippen molar-refractivity contribution in [3.63, 3.8) is 0 Å². The van der Waals surface area contributed by atoms with Gasteiger partial charge < -0.3 is 9.64 Å². The van der Waals surface area contributed by atoms with E-state index in [1.807, 2.05) is 4.90 Å². The van der Waals surface area contributed by atoms with Gasteiger partial charge in [0.05, 0.1) is 13.0 Å². The van der Waals surface area contributed by atoms with Gasteiger partial charge in [0, 0.05) is 31.5 Å².